The lowest BCUT2D eigenvalue weighted by Crippen LogP contribution is -1.98. The van der Waals surface area contributed by atoms with Crippen molar-refractivity contribution in [3.05, 3.63) is 36.7 Å². The normalized spacial score (nSPS) is 9.40. The van der Waals surface area contributed by atoms with Crippen LogP contribution in [0.4, 0.5) is 0 Å². The highest BCUT2D eigenvalue weighted by Crippen LogP contribution is 1.99. The molecule has 2 aromatic rings. The molecule has 5 heteroatoms. The lowest BCUT2D eigenvalue weighted by Gasteiger charge is -1.97. The van der Waals surface area contributed by atoms with Gasteiger partial charge < -0.3 is 5.11 Å². The molecule has 0 aliphatic heterocycles. The van der Waals surface area contributed by atoms with E-state index in [1.54, 1.807) is 35.7 Å². The number of hydrogen-bond acceptors (Lipinski definition) is 4. The molecule has 0 aliphatic rings. The third-order valence-electron chi connectivity index (χ3n) is 1.69. The van der Waals surface area contributed by atoms with Crippen molar-refractivity contribution in [2.45, 2.75) is 0 Å². The fourth-order valence-electron chi connectivity index (χ4n) is 1.04. The van der Waals surface area contributed by atoms with Gasteiger partial charge in [-0.1, -0.05) is 11.8 Å². The summed E-state index contributed by atoms with van der Waals surface area (Å²) in [5.74, 6) is 5.79. The Bertz CT molecular complexity index is 478. The summed E-state index contributed by atoms with van der Waals surface area (Å²) in [4.78, 5) is 12.1. The van der Waals surface area contributed by atoms with Gasteiger partial charge in [-0.15, -0.1) is 0 Å². The Balaban J connectivity index is 2.25. The highest BCUT2D eigenvalue weighted by Gasteiger charge is 1.97. The lowest BCUT2D eigenvalue weighted by molar-refractivity contribution is 0.350. The summed E-state index contributed by atoms with van der Waals surface area (Å²) >= 11 is 0. The Kier molecular flexibility index (Phi) is 2.72. The van der Waals surface area contributed by atoms with Gasteiger partial charge in [0.1, 0.15) is 12.9 Å². The largest absolute Gasteiger partial charge is 0.384 e. The van der Waals surface area contributed by atoms with E-state index in [2.05, 4.69) is 26.8 Å². The molecule has 74 valence electrons. The van der Waals surface area contributed by atoms with E-state index in [9.17, 15) is 0 Å². The van der Waals surface area contributed by atoms with E-state index in [4.69, 9.17) is 5.11 Å². The molecule has 0 fully saturated rings. The standard InChI is InChI=1S/C10H8N4O/c15-5-1-2-9-6-12-10(13-7-9)14-4-3-11-8-14/h3-4,6-8,15H,5H2. The molecule has 0 aliphatic carbocycles. The average Bonchev–Trinajstić information content (AvgIpc) is 2.80. The predicted molar refractivity (Wildman–Crippen MR) is 53.1 cm³/mol. The summed E-state index contributed by atoms with van der Waals surface area (Å²) in [6, 6.07) is 0. The van der Waals surface area contributed by atoms with Crippen molar-refractivity contribution in [1.29, 1.82) is 0 Å². The lowest BCUT2D eigenvalue weighted by atomic mass is 10.3. The van der Waals surface area contributed by atoms with E-state index in [1.165, 1.54) is 0 Å². The minimum atomic E-state index is -0.163. The van der Waals surface area contributed by atoms with Gasteiger partial charge in [0, 0.05) is 24.8 Å². The molecule has 0 aromatic carbocycles. The number of aliphatic hydroxyl groups is 1. The van der Waals surface area contributed by atoms with Crippen LogP contribution in [0.3, 0.4) is 0 Å². The van der Waals surface area contributed by atoms with Gasteiger partial charge in [0.25, 0.3) is 0 Å². The van der Waals surface area contributed by atoms with E-state index in [0.29, 0.717) is 11.5 Å². The van der Waals surface area contributed by atoms with Crippen LogP contribution in [0.5, 0.6) is 0 Å². The summed E-state index contributed by atoms with van der Waals surface area (Å²) in [7, 11) is 0. The van der Waals surface area contributed by atoms with Gasteiger partial charge in [0.2, 0.25) is 5.95 Å². The Morgan fingerprint density at radius 1 is 1.33 bits per heavy atom. The van der Waals surface area contributed by atoms with Crippen LogP contribution in [-0.2, 0) is 0 Å². The molecular formula is C10H8N4O. The number of hydrogen-bond donors (Lipinski definition) is 1. The van der Waals surface area contributed by atoms with Crippen LogP contribution in [0.15, 0.2) is 31.1 Å². The maximum atomic E-state index is 8.51. The molecule has 15 heavy (non-hydrogen) atoms. The number of nitrogens with zero attached hydrogens (tertiary/aromatic N) is 4. The van der Waals surface area contributed by atoms with Gasteiger partial charge in [-0.2, -0.15) is 0 Å². The van der Waals surface area contributed by atoms with Crippen molar-refractivity contribution in [2.75, 3.05) is 6.61 Å². The van der Waals surface area contributed by atoms with Crippen molar-refractivity contribution in [1.82, 2.24) is 19.5 Å². The molecule has 2 rings (SSSR count). The second-order valence-corrected chi connectivity index (χ2v) is 2.70. The Hall–Kier alpha value is -2.19. The Morgan fingerprint density at radius 3 is 2.73 bits per heavy atom. The van der Waals surface area contributed by atoms with Crippen LogP contribution < -0.4 is 0 Å². The maximum Gasteiger partial charge on any atom is 0.234 e. The molecule has 0 bridgehead atoms. The van der Waals surface area contributed by atoms with Gasteiger partial charge in [0.05, 0.1) is 5.56 Å². The minimum absolute atomic E-state index is 0.163. The van der Waals surface area contributed by atoms with Crippen molar-refractivity contribution in [3.63, 3.8) is 0 Å². The molecule has 2 aromatic heterocycles. The van der Waals surface area contributed by atoms with Crippen LogP contribution in [-0.4, -0.2) is 31.2 Å². The molecule has 0 radical (unpaired) electrons. The quantitative estimate of drug-likeness (QED) is 0.658. The van der Waals surface area contributed by atoms with E-state index in [0.717, 1.165) is 0 Å². The number of aliphatic hydroxyl groups excluding tert-OH is 1. The smallest absolute Gasteiger partial charge is 0.234 e. The van der Waals surface area contributed by atoms with Crippen LogP contribution in [0.2, 0.25) is 0 Å². The zero-order chi connectivity index (χ0) is 10.5. The zero-order valence-corrected chi connectivity index (χ0v) is 7.83. The third-order valence-corrected chi connectivity index (χ3v) is 1.69. The molecule has 0 atom stereocenters. The van der Waals surface area contributed by atoms with E-state index >= 15 is 0 Å². The second-order valence-electron chi connectivity index (χ2n) is 2.70. The topological polar surface area (TPSA) is 63.8 Å². The summed E-state index contributed by atoms with van der Waals surface area (Å²) < 4.78 is 1.70. The van der Waals surface area contributed by atoms with Crippen molar-refractivity contribution in [3.8, 4) is 17.8 Å². The van der Waals surface area contributed by atoms with E-state index in [-0.39, 0.29) is 6.61 Å². The number of aromatic nitrogens is 4. The van der Waals surface area contributed by atoms with E-state index < -0.39 is 0 Å². The Morgan fingerprint density at radius 2 is 2.13 bits per heavy atom. The van der Waals surface area contributed by atoms with Crippen molar-refractivity contribution in [2.24, 2.45) is 0 Å². The fourth-order valence-corrected chi connectivity index (χ4v) is 1.04. The monoisotopic (exact) mass is 200 g/mol. The third kappa shape index (κ3) is 2.18. The highest BCUT2D eigenvalue weighted by molar-refractivity contribution is 5.31. The van der Waals surface area contributed by atoms with Crippen molar-refractivity contribution >= 4 is 0 Å². The first-order valence-corrected chi connectivity index (χ1v) is 4.30. The molecule has 0 saturated heterocycles. The summed E-state index contributed by atoms with van der Waals surface area (Å²) in [6.45, 7) is -0.163. The molecule has 2 heterocycles. The molecule has 1 N–H and O–H groups in total. The Labute approximate surface area is 86.5 Å². The summed E-state index contributed by atoms with van der Waals surface area (Å²) in [6.07, 6.45) is 8.24. The zero-order valence-electron chi connectivity index (χ0n) is 7.83. The number of rotatable bonds is 1. The minimum Gasteiger partial charge on any atom is -0.384 e. The predicted octanol–water partition coefficient (Wildman–Crippen LogP) is 0.00610. The fraction of sp³-hybridized carbons (Fsp3) is 0.100. The molecule has 5 nitrogen and oxygen atoms in total. The molecule has 0 spiro atoms. The van der Waals surface area contributed by atoms with Gasteiger partial charge >= 0.3 is 0 Å². The summed E-state index contributed by atoms with van der Waals surface area (Å²) in [5, 5.41) is 8.51. The maximum absolute atomic E-state index is 8.51. The molecule has 0 amide bonds. The van der Waals surface area contributed by atoms with E-state index in [1.807, 2.05) is 0 Å². The van der Waals surface area contributed by atoms with Crippen LogP contribution in [0, 0.1) is 11.8 Å². The first-order chi connectivity index (χ1) is 7.40. The van der Waals surface area contributed by atoms with Gasteiger partial charge in [-0.3, -0.25) is 4.57 Å². The average molecular weight is 200 g/mol. The van der Waals surface area contributed by atoms with Crippen molar-refractivity contribution < 1.29 is 5.11 Å². The van der Waals surface area contributed by atoms with Crippen LogP contribution >= 0.6 is 0 Å². The SMILES string of the molecule is OCC#Cc1cnc(-n2ccnc2)nc1. The van der Waals surface area contributed by atoms with Crippen LogP contribution in [0.25, 0.3) is 5.95 Å². The molecular weight excluding hydrogens is 192 g/mol. The van der Waals surface area contributed by atoms with Gasteiger partial charge in [-0.05, 0) is 0 Å². The number of imidazole rings is 1. The molecule has 0 unspecified atom stereocenters. The summed E-state index contributed by atoms with van der Waals surface area (Å²) in [5.41, 5.74) is 0.674. The molecule has 0 saturated carbocycles. The van der Waals surface area contributed by atoms with Gasteiger partial charge in [-0.25, -0.2) is 15.0 Å². The van der Waals surface area contributed by atoms with Crippen LogP contribution in [0.1, 0.15) is 5.56 Å². The second kappa shape index (κ2) is 4.35. The first kappa shape index (κ1) is 9.37. The van der Waals surface area contributed by atoms with Gasteiger partial charge in [0.15, 0.2) is 0 Å². The first-order valence-electron chi connectivity index (χ1n) is 4.30. The highest BCUT2D eigenvalue weighted by atomic mass is 16.2.